The Morgan fingerprint density at radius 2 is 1.41 bits per heavy atom. The predicted octanol–water partition coefficient (Wildman–Crippen LogP) is 3.82. The maximum absolute atomic E-state index is 2.41. The normalized spacial score (nSPS) is 16.0. The lowest BCUT2D eigenvalue weighted by molar-refractivity contribution is 1.05. The second-order valence-electron chi connectivity index (χ2n) is 4.67. The minimum absolute atomic E-state index is 1.07. The first kappa shape index (κ1) is 9.06. The van der Waals surface area contributed by atoms with Crippen LogP contribution in [-0.2, 0) is 12.8 Å². The van der Waals surface area contributed by atoms with Gasteiger partial charge >= 0.3 is 0 Å². The van der Waals surface area contributed by atoms with Crippen LogP contribution in [0.2, 0.25) is 0 Å². The average Bonchev–Trinajstić information content (AvgIpc) is 2.77. The topological polar surface area (TPSA) is 3.24 Å². The number of benzene rings is 2. The maximum atomic E-state index is 2.41. The van der Waals surface area contributed by atoms with E-state index < -0.39 is 0 Å². The SMILES string of the molecule is C1=C2Cc3ccccc3N2c2ccccc2C1. The Kier molecular flexibility index (Phi) is 1.72. The molecular weight excluding hydrogens is 206 g/mol. The third-order valence-electron chi connectivity index (χ3n) is 3.68. The Bertz CT molecular complexity index is 619. The van der Waals surface area contributed by atoms with Crippen LogP contribution in [0, 0.1) is 0 Å². The summed E-state index contributed by atoms with van der Waals surface area (Å²) in [6, 6.07) is 17.4. The standard InChI is InChI=1S/C16H13N/c1-3-7-15-12(5-1)9-10-14-11-13-6-2-4-8-16(13)17(14)15/h1-8,10H,9,11H2. The Morgan fingerprint density at radius 1 is 0.765 bits per heavy atom. The van der Waals surface area contributed by atoms with Crippen molar-refractivity contribution >= 4 is 11.4 Å². The molecule has 2 aromatic rings. The lowest BCUT2D eigenvalue weighted by atomic mass is 10.0. The molecule has 0 N–H and O–H groups in total. The van der Waals surface area contributed by atoms with Gasteiger partial charge in [0, 0.05) is 23.5 Å². The number of anilines is 2. The molecular formula is C16H13N. The van der Waals surface area contributed by atoms with Gasteiger partial charge in [0.1, 0.15) is 0 Å². The highest BCUT2D eigenvalue weighted by Crippen LogP contribution is 2.44. The first-order valence-electron chi connectivity index (χ1n) is 6.08. The van der Waals surface area contributed by atoms with Crippen molar-refractivity contribution in [3.05, 3.63) is 71.4 Å². The van der Waals surface area contributed by atoms with Crippen LogP contribution in [0.3, 0.4) is 0 Å². The molecule has 82 valence electrons. The average molecular weight is 219 g/mol. The van der Waals surface area contributed by atoms with E-state index in [4.69, 9.17) is 0 Å². The molecule has 0 aliphatic carbocycles. The highest BCUT2D eigenvalue weighted by molar-refractivity contribution is 5.79. The van der Waals surface area contributed by atoms with E-state index in [-0.39, 0.29) is 0 Å². The number of para-hydroxylation sites is 2. The van der Waals surface area contributed by atoms with Gasteiger partial charge < -0.3 is 4.90 Å². The third-order valence-corrected chi connectivity index (χ3v) is 3.68. The summed E-state index contributed by atoms with van der Waals surface area (Å²) < 4.78 is 0. The van der Waals surface area contributed by atoms with Gasteiger partial charge in [0.25, 0.3) is 0 Å². The zero-order chi connectivity index (χ0) is 11.2. The molecule has 2 aromatic carbocycles. The molecule has 2 heterocycles. The van der Waals surface area contributed by atoms with Crippen molar-refractivity contribution in [3.63, 3.8) is 0 Å². The fraction of sp³-hybridized carbons (Fsp3) is 0.125. The van der Waals surface area contributed by atoms with Crippen LogP contribution in [0.15, 0.2) is 60.3 Å². The molecule has 2 aliphatic heterocycles. The van der Waals surface area contributed by atoms with Crippen LogP contribution in [0.4, 0.5) is 11.4 Å². The summed E-state index contributed by atoms with van der Waals surface area (Å²) in [5.41, 5.74) is 7.01. The monoisotopic (exact) mass is 219 g/mol. The molecule has 2 aliphatic rings. The van der Waals surface area contributed by atoms with E-state index in [1.807, 2.05) is 0 Å². The van der Waals surface area contributed by atoms with Gasteiger partial charge in [0.2, 0.25) is 0 Å². The summed E-state index contributed by atoms with van der Waals surface area (Å²) >= 11 is 0. The van der Waals surface area contributed by atoms with Gasteiger partial charge in [-0.2, -0.15) is 0 Å². The number of nitrogens with zero attached hydrogens (tertiary/aromatic N) is 1. The summed E-state index contributed by atoms with van der Waals surface area (Å²) in [5, 5.41) is 0. The molecule has 1 heteroatoms. The van der Waals surface area contributed by atoms with E-state index in [0.717, 1.165) is 12.8 Å². The maximum Gasteiger partial charge on any atom is 0.0494 e. The number of hydrogen-bond acceptors (Lipinski definition) is 1. The summed E-state index contributed by atoms with van der Waals surface area (Å²) in [5.74, 6) is 0. The smallest absolute Gasteiger partial charge is 0.0494 e. The van der Waals surface area contributed by atoms with Crippen LogP contribution in [0.1, 0.15) is 11.1 Å². The predicted molar refractivity (Wildman–Crippen MR) is 70.5 cm³/mol. The van der Waals surface area contributed by atoms with E-state index in [1.54, 1.807) is 0 Å². The zero-order valence-electron chi connectivity index (χ0n) is 9.56. The molecule has 17 heavy (non-hydrogen) atoms. The van der Waals surface area contributed by atoms with Gasteiger partial charge in [-0.15, -0.1) is 0 Å². The van der Waals surface area contributed by atoms with Gasteiger partial charge in [-0.3, -0.25) is 0 Å². The van der Waals surface area contributed by atoms with Crippen molar-refractivity contribution in [2.24, 2.45) is 0 Å². The Hall–Kier alpha value is -2.02. The molecule has 0 atom stereocenters. The van der Waals surface area contributed by atoms with Gasteiger partial charge in [-0.1, -0.05) is 42.5 Å². The summed E-state index contributed by atoms with van der Waals surface area (Å²) in [6.45, 7) is 0. The zero-order valence-corrected chi connectivity index (χ0v) is 9.56. The van der Waals surface area contributed by atoms with E-state index in [1.165, 1.54) is 28.2 Å². The molecule has 0 radical (unpaired) electrons. The summed E-state index contributed by atoms with van der Waals surface area (Å²) in [4.78, 5) is 2.41. The highest BCUT2D eigenvalue weighted by Gasteiger charge is 2.28. The van der Waals surface area contributed by atoms with E-state index in [9.17, 15) is 0 Å². The summed E-state index contributed by atoms with van der Waals surface area (Å²) in [7, 11) is 0. The van der Waals surface area contributed by atoms with Crippen molar-refractivity contribution in [3.8, 4) is 0 Å². The molecule has 0 saturated carbocycles. The Morgan fingerprint density at radius 3 is 2.24 bits per heavy atom. The molecule has 0 unspecified atom stereocenters. The molecule has 0 amide bonds. The van der Waals surface area contributed by atoms with Crippen molar-refractivity contribution in [2.75, 3.05) is 4.90 Å². The second kappa shape index (κ2) is 3.24. The van der Waals surface area contributed by atoms with Crippen molar-refractivity contribution in [2.45, 2.75) is 12.8 Å². The van der Waals surface area contributed by atoms with Crippen molar-refractivity contribution in [1.29, 1.82) is 0 Å². The molecule has 0 aromatic heterocycles. The van der Waals surface area contributed by atoms with Crippen LogP contribution >= 0.6 is 0 Å². The van der Waals surface area contributed by atoms with Gasteiger partial charge in [-0.25, -0.2) is 0 Å². The molecule has 1 nitrogen and oxygen atoms in total. The Balaban J connectivity index is 1.97. The van der Waals surface area contributed by atoms with Crippen LogP contribution in [-0.4, -0.2) is 0 Å². The lowest BCUT2D eigenvalue weighted by Crippen LogP contribution is -2.17. The van der Waals surface area contributed by atoms with E-state index in [0.29, 0.717) is 0 Å². The molecule has 0 saturated heterocycles. The molecule has 0 fully saturated rings. The fourth-order valence-electron chi connectivity index (χ4n) is 2.88. The quantitative estimate of drug-likeness (QED) is 0.651. The van der Waals surface area contributed by atoms with Gasteiger partial charge in [-0.05, 0) is 29.7 Å². The van der Waals surface area contributed by atoms with E-state index in [2.05, 4.69) is 59.5 Å². The lowest BCUT2D eigenvalue weighted by Gasteiger charge is -2.27. The first-order valence-corrected chi connectivity index (χ1v) is 6.08. The number of rotatable bonds is 0. The first-order chi connectivity index (χ1) is 8.43. The van der Waals surface area contributed by atoms with Gasteiger partial charge in [0.05, 0.1) is 0 Å². The van der Waals surface area contributed by atoms with E-state index >= 15 is 0 Å². The van der Waals surface area contributed by atoms with Gasteiger partial charge in [0.15, 0.2) is 0 Å². The second-order valence-corrected chi connectivity index (χ2v) is 4.67. The number of hydrogen-bond donors (Lipinski definition) is 0. The fourth-order valence-corrected chi connectivity index (χ4v) is 2.88. The minimum Gasteiger partial charge on any atom is -0.314 e. The number of allylic oxidation sites excluding steroid dienone is 2. The van der Waals surface area contributed by atoms with Crippen molar-refractivity contribution < 1.29 is 0 Å². The Labute approximate surface area is 101 Å². The van der Waals surface area contributed by atoms with Crippen LogP contribution in [0.5, 0.6) is 0 Å². The largest absolute Gasteiger partial charge is 0.314 e. The van der Waals surface area contributed by atoms with Crippen molar-refractivity contribution in [1.82, 2.24) is 0 Å². The molecule has 4 rings (SSSR count). The van der Waals surface area contributed by atoms with Crippen LogP contribution in [0.25, 0.3) is 0 Å². The highest BCUT2D eigenvalue weighted by atomic mass is 15.2. The number of fused-ring (bicyclic) bond motifs is 5. The minimum atomic E-state index is 1.07. The molecule has 0 spiro atoms. The van der Waals surface area contributed by atoms with Crippen LogP contribution < -0.4 is 4.90 Å². The molecule has 0 bridgehead atoms. The third kappa shape index (κ3) is 1.19. The summed E-state index contributed by atoms with van der Waals surface area (Å²) in [6.07, 6.45) is 4.50.